The van der Waals surface area contributed by atoms with E-state index >= 15 is 0 Å². The van der Waals surface area contributed by atoms with Gasteiger partial charge in [-0.3, -0.25) is 0 Å². The first-order chi connectivity index (χ1) is 5.95. The Morgan fingerprint density at radius 1 is 1.08 bits per heavy atom. The van der Waals surface area contributed by atoms with E-state index in [1.807, 2.05) is 0 Å². The van der Waals surface area contributed by atoms with Gasteiger partial charge >= 0.3 is 0 Å². The van der Waals surface area contributed by atoms with E-state index in [1.165, 1.54) is 0 Å². The van der Waals surface area contributed by atoms with Crippen molar-refractivity contribution >= 4 is 0 Å². The third-order valence-electron chi connectivity index (χ3n) is 2.85. The molecule has 0 aromatic rings. The van der Waals surface area contributed by atoms with Crippen molar-refractivity contribution in [3.8, 4) is 0 Å². The van der Waals surface area contributed by atoms with Gasteiger partial charge in [0, 0.05) is 0 Å². The third kappa shape index (κ3) is 3.51. The van der Waals surface area contributed by atoms with Crippen LogP contribution in [0.5, 0.6) is 0 Å². The molecule has 0 heterocycles. The van der Waals surface area contributed by atoms with Crippen LogP contribution in [-0.2, 0) is 0 Å². The number of allylic oxidation sites excluding steroid dienone is 1. The molecule has 0 saturated heterocycles. The summed E-state index contributed by atoms with van der Waals surface area (Å²) < 4.78 is 0. The average Bonchev–Trinajstić information content (AvgIpc) is 2.03. The van der Waals surface area contributed by atoms with Gasteiger partial charge < -0.3 is 5.11 Å². The molecular formula is C12H24O. The molecule has 0 amide bonds. The summed E-state index contributed by atoms with van der Waals surface area (Å²) in [5.74, 6) is 0.628. The molecular weight excluding hydrogens is 160 g/mol. The Kier molecular flexibility index (Phi) is 5.31. The zero-order chi connectivity index (χ0) is 10.5. The van der Waals surface area contributed by atoms with Crippen LogP contribution in [-0.4, -0.2) is 10.7 Å². The van der Waals surface area contributed by atoms with Gasteiger partial charge in [0.05, 0.1) is 5.60 Å². The van der Waals surface area contributed by atoms with Crippen LogP contribution in [0.25, 0.3) is 0 Å². The molecule has 0 aliphatic carbocycles. The summed E-state index contributed by atoms with van der Waals surface area (Å²) in [4.78, 5) is 0. The smallest absolute Gasteiger partial charge is 0.0727 e. The normalized spacial score (nSPS) is 13.5. The lowest BCUT2D eigenvalue weighted by Crippen LogP contribution is -2.40. The molecule has 0 unspecified atom stereocenters. The highest BCUT2D eigenvalue weighted by Crippen LogP contribution is 2.29. The fraction of sp³-hybridized carbons (Fsp3) is 0.833. The minimum absolute atomic E-state index is 0.314. The van der Waals surface area contributed by atoms with Crippen molar-refractivity contribution in [1.82, 2.24) is 0 Å². The van der Waals surface area contributed by atoms with E-state index in [1.54, 1.807) is 0 Å². The van der Waals surface area contributed by atoms with Crippen molar-refractivity contribution in [2.24, 2.45) is 11.8 Å². The predicted octanol–water partition coefficient (Wildman–Crippen LogP) is 3.39. The summed E-state index contributed by atoms with van der Waals surface area (Å²) in [5.41, 5.74) is -0.536. The molecule has 13 heavy (non-hydrogen) atoms. The minimum atomic E-state index is -0.536. The fourth-order valence-electron chi connectivity index (χ4n) is 1.58. The quantitative estimate of drug-likeness (QED) is 0.649. The summed E-state index contributed by atoms with van der Waals surface area (Å²) >= 11 is 0. The van der Waals surface area contributed by atoms with Gasteiger partial charge in [-0.1, -0.05) is 46.8 Å². The highest BCUT2D eigenvalue weighted by atomic mass is 16.3. The van der Waals surface area contributed by atoms with Crippen molar-refractivity contribution in [2.75, 3.05) is 0 Å². The van der Waals surface area contributed by atoms with Gasteiger partial charge in [0.2, 0.25) is 0 Å². The predicted molar refractivity (Wildman–Crippen MR) is 58.7 cm³/mol. The summed E-state index contributed by atoms with van der Waals surface area (Å²) in [6.45, 7) is 10.4. The molecule has 1 N–H and O–H groups in total. The number of aliphatic hydroxyl groups is 1. The van der Waals surface area contributed by atoms with E-state index in [0.717, 1.165) is 12.8 Å². The lowest BCUT2D eigenvalue weighted by atomic mass is 9.78. The van der Waals surface area contributed by atoms with Crippen LogP contribution in [0.15, 0.2) is 12.2 Å². The monoisotopic (exact) mass is 184 g/mol. The zero-order valence-corrected chi connectivity index (χ0v) is 9.67. The lowest BCUT2D eigenvalue weighted by molar-refractivity contribution is -0.0439. The Bertz CT molecular complexity index is 149. The van der Waals surface area contributed by atoms with Crippen LogP contribution in [0.2, 0.25) is 0 Å². The summed E-state index contributed by atoms with van der Waals surface area (Å²) in [6.07, 6.45) is 6.04. The molecule has 0 rings (SSSR count). The first-order valence-corrected chi connectivity index (χ1v) is 5.32. The van der Waals surface area contributed by atoms with Gasteiger partial charge in [-0.15, -0.1) is 0 Å². The van der Waals surface area contributed by atoms with Crippen LogP contribution >= 0.6 is 0 Å². The number of hydrogen-bond acceptors (Lipinski definition) is 1. The molecule has 0 aromatic carbocycles. The van der Waals surface area contributed by atoms with Gasteiger partial charge in [0.1, 0.15) is 0 Å². The zero-order valence-electron chi connectivity index (χ0n) is 9.67. The van der Waals surface area contributed by atoms with Crippen molar-refractivity contribution in [3.05, 3.63) is 12.2 Å². The fourth-order valence-corrected chi connectivity index (χ4v) is 1.58. The van der Waals surface area contributed by atoms with E-state index < -0.39 is 5.60 Å². The summed E-state index contributed by atoms with van der Waals surface area (Å²) in [6, 6.07) is 0. The van der Waals surface area contributed by atoms with E-state index in [2.05, 4.69) is 46.8 Å². The second-order valence-electron chi connectivity index (χ2n) is 4.38. The van der Waals surface area contributed by atoms with Gasteiger partial charge in [-0.25, -0.2) is 0 Å². The lowest BCUT2D eigenvalue weighted by Gasteiger charge is -2.35. The molecule has 0 aromatic heterocycles. The topological polar surface area (TPSA) is 20.2 Å². The van der Waals surface area contributed by atoms with E-state index in [-0.39, 0.29) is 0 Å². The minimum Gasteiger partial charge on any atom is -0.389 e. The summed E-state index contributed by atoms with van der Waals surface area (Å²) in [5, 5.41) is 10.3. The molecule has 0 radical (unpaired) electrons. The number of rotatable bonds is 5. The van der Waals surface area contributed by atoms with E-state index in [0.29, 0.717) is 11.8 Å². The molecule has 0 bridgehead atoms. The molecule has 0 fully saturated rings. The van der Waals surface area contributed by atoms with Gasteiger partial charge in [-0.05, 0) is 24.7 Å². The Morgan fingerprint density at radius 3 is 1.85 bits per heavy atom. The molecule has 1 heteroatoms. The SMILES string of the molecule is CC/C=C/CC(O)(C(C)C)C(C)C. The average molecular weight is 184 g/mol. The molecule has 1 nitrogen and oxygen atoms in total. The van der Waals surface area contributed by atoms with Crippen LogP contribution in [0, 0.1) is 11.8 Å². The number of hydrogen-bond donors (Lipinski definition) is 1. The molecule has 0 aliphatic heterocycles. The van der Waals surface area contributed by atoms with Crippen molar-refractivity contribution < 1.29 is 5.11 Å². The van der Waals surface area contributed by atoms with Crippen molar-refractivity contribution in [3.63, 3.8) is 0 Å². The first-order valence-electron chi connectivity index (χ1n) is 5.32. The molecule has 0 spiro atoms. The second kappa shape index (κ2) is 5.43. The van der Waals surface area contributed by atoms with Crippen LogP contribution in [0.3, 0.4) is 0 Å². The molecule has 0 atom stereocenters. The Labute approximate surface area is 82.9 Å². The van der Waals surface area contributed by atoms with Crippen LogP contribution in [0.1, 0.15) is 47.5 Å². The van der Waals surface area contributed by atoms with Crippen LogP contribution in [0.4, 0.5) is 0 Å². The Morgan fingerprint density at radius 2 is 1.54 bits per heavy atom. The van der Waals surface area contributed by atoms with Gasteiger partial charge in [-0.2, -0.15) is 0 Å². The van der Waals surface area contributed by atoms with E-state index in [4.69, 9.17) is 0 Å². The first kappa shape index (κ1) is 12.7. The maximum atomic E-state index is 10.3. The molecule has 0 aliphatic rings. The highest BCUT2D eigenvalue weighted by Gasteiger charge is 2.32. The van der Waals surface area contributed by atoms with E-state index in [9.17, 15) is 5.11 Å². The largest absolute Gasteiger partial charge is 0.389 e. The molecule has 0 saturated carbocycles. The second-order valence-corrected chi connectivity index (χ2v) is 4.38. The Balaban J connectivity index is 4.33. The molecule has 78 valence electrons. The highest BCUT2D eigenvalue weighted by molar-refractivity contribution is 4.94. The maximum Gasteiger partial charge on any atom is 0.0727 e. The van der Waals surface area contributed by atoms with Crippen molar-refractivity contribution in [2.45, 2.75) is 53.1 Å². The van der Waals surface area contributed by atoms with Gasteiger partial charge in [0.25, 0.3) is 0 Å². The third-order valence-corrected chi connectivity index (χ3v) is 2.85. The standard InChI is InChI=1S/C12H24O/c1-6-7-8-9-12(13,10(2)3)11(4)5/h7-8,10-11,13H,6,9H2,1-5H3/b8-7+. The van der Waals surface area contributed by atoms with Gasteiger partial charge in [0.15, 0.2) is 0 Å². The maximum absolute atomic E-state index is 10.3. The Hall–Kier alpha value is -0.300. The van der Waals surface area contributed by atoms with Crippen LogP contribution < -0.4 is 0 Å². The van der Waals surface area contributed by atoms with Crippen molar-refractivity contribution in [1.29, 1.82) is 0 Å². The summed E-state index contributed by atoms with van der Waals surface area (Å²) in [7, 11) is 0.